The van der Waals surface area contributed by atoms with Crippen LogP contribution >= 0.6 is 0 Å². The summed E-state index contributed by atoms with van der Waals surface area (Å²) in [6, 6.07) is 0. The topological polar surface area (TPSA) is 91.4 Å². The van der Waals surface area contributed by atoms with E-state index in [0.717, 1.165) is 28.9 Å². The molecule has 1 amide bonds. The molecule has 0 unspecified atom stereocenters. The first kappa shape index (κ1) is 16.7. The standard InChI is InChI=1S/C16H22N4O4/c1-10-12(11(2)24-19-10)8-17-16(21)15-13-9-23-6-4-14(13)20(18-15)5-7-22-3/h4-9H2,1-3H3,(H,17,21). The van der Waals surface area contributed by atoms with Crippen molar-refractivity contribution in [2.75, 3.05) is 20.3 Å². The Bertz CT molecular complexity index is 715. The smallest absolute Gasteiger partial charge is 0.272 e. The fourth-order valence-electron chi connectivity index (χ4n) is 2.86. The van der Waals surface area contributed by atoms with Gasteiger partial charge in [0.05, 0.1) is 32.1 Å². The lowest BCUT2D eigenvalue weighted by atomic mass is 10.1. The molecule has 0 aromatic carbocycles. The van der Waals surface area contributed by atoms with Crippen molar-refractivity contribution in [1.29, 1.82) is 0 Å². The summed E-state index contributed by atoms with van der Waals surface area (Å²) in [7, 11) is 1.65. The molecule has 1 aliphatic rings. The number of aryl methyl sites for hydroxylation is 2. The van der Waals surface area contributed by atoms with E-state index in [1.165, 1.54) is 0 Å². The van der Waals surface area contributed by atoms with Gasteiger partial charge in [-0.1, -0.05) is 5.16 Å². The van der Waals surface area contributed by atoms with Gasteiger partial charge in [0, 0.05) is 36.9 Å². The maximum absolute atomic E-state index is 12.6. The Kier molecular flexibility index (Phi) is 4.96. The number of hydrogen-bond donors (Lipinski definition) is 1. The van der Waals surface area contributed by atoms with Gasteiger partial charge in [-0.25, -0.2) is 0 Å². The summed E-state index contributed by atoms with van der Waals surface area (Å²) in [6.45, 7) is 6.28. The summed E-state index contributed by atoms with van der Waals surface area (Å²) in [5, 5.41) is 11.3. The van der Waals surface area contributed by atoms with Gasteiger partial charge in [-0.3, -0.25) is 9.48 Å². The van der Waals surface area contributed by atoms with Crippen LogP contribution in [0.15, 0.2) is 4.52 Å². The molecule has 0 spiro atoms. The Morgan fingerprint density at radius 2 is 2.25 bits per heavy atom. The van der Waals surface area contributed by atoms with Crippen molar-refractivity contribution in [3.8, 4) is 0 Å². The third-order valence-corrected chi connectivity index (χ3v) is 4.23. The summed E-state index contributed by atoms with van der Waals surface area (Å²) >= 11 is 0. The van der Waals surface area contributed by atoms with Crippen molar-refractivity contribution < 1.29 is 18.8 Å². The zero-order valence-electron chi connectivity index (χ0n) is 14.2. The highest BCUT2D eigenvalue weighted by molar-refractivity contribution is 5.94. The van der Waals surface area contributed by atoms with Crippen LogP contribution in [0.4, 0.5) is 0 Å². The molecular formula is C16H22N4O4. The predicted molar refractivity (Wildman–Crippen MR) is 84.6 cm³/mol. The number of nitrogens with zero attached hydrogens (tertiary/aromatic N) is 3. The van der Waals surface area contributed by atoms with Crippen molar-refractivity contribution in [2.24, 2.45) is 0 Å². The molecule has 0 saturated carbocycles. The van der Waals surface area contributed by atoms with Crippen LogP contribution in [0, 0.1) is 13.8 Å². The first-order valence-corrected chi connectivity index (χ1v) is 7.97. The number of aromatic nitrogens is 3. The molecule has 8 heteroatoms. The summed E-state index contributed by atoms with van der Waals surface area (Å²) in [5.74, 6) is 0.497. The van der Waals surface area contributed by atoms with Crippen LogP contribution < -0.4 is 5.32 Å². The zero-order chi connectivity index (χ0) is 17.1. The number of amides is 1. The summed E-state index contributed by atoms with van der Waals surface area (Å²) in [4.78, 5) is 12.6. The Hall–Kier alpha value is -2.19. The highest BCUT2D eigenvalue weighted by Crippen LogP contribution is 2.21. The third kappa shape index (κ3) is 3.20. The molecule has 0 atom stereocenters. The summed E-state index contributed by atoms with van der Waals surface area (Å²) < 4.78 is 17.6. The number of methoxy groups -OCH3 is 1. The largest absolute Gasteiger partial charge is 0.383 e. The summed E-state index contributed by atoms with van der Waals surface area (Å²) in [5.41, 5.74) is 4.03. The predicted octanol–water partition coefficient (Wildman–Crippen LogP) is 1.14. The molecular weight excluding hydrogens is 312 g/mol. The van der Waals surface area contributed by atoms with E-state index in [-0.39, 0.29) is 5.91 Å². The van der Waals surface area contributed by atoms with Crippen LogP contribution in [0.2, 0.25) is 0 Å². The van der Waals surface area contributed by atoms with Crippen molar-refractivity contribution in [3.63, 3.8) is 0 Å². The normalized spacial score (nSPS) is 13.8. The van der Waals surface area contributed by atoms with Gasteiger partial charge < -0.3 is 19.3 Å². The number of rotatable bonds is 6. The molecule has 0 fully saturated rings. The van der Waals surface area contributed by atoms with Gasteiger partial charge in [-0.2, -0.15) is 5.10 Å². The Labute approximate surface area is 140 Å². The van der Waals surface area contributed by atoms with Gasteiger partial charge in [0.2, 0.25) is 0 Å². The monoisotopic (exact) mass is 334 g/mol. The van der Waals surface area contributed by atoms with Gasteiger partial charge in [-0.05, 0) is 13.8 Å². The van der Waals surface area contributed by atoms with Crippen LogP contribution in [0.3, 0.4) is 0 Å². The number of fused-ring (bicyclic) bond motifs is 1. The van der Waals surface area contributed by atoms with E-state index in [2.05, 4.69) is 15.6 Å². The number of nitrogens with one attached hydrogen (secondary N) is 1. The second-order valence-electron chi connectivity index (χ2n) is 5.78. The lowest BCUT2D eigenvalue weighted by Gasteiger charge is -2.14. The van der Waals surface area contributed by atoms with E-state index in [1.54, 1.807) is 7.11 Å². The van der Waals surface area contributed by atoms with E-state index in [4.69, 9.17) is 14.0 Å². The second-order valence-corrected chi connectivity index (χ2v) is 5.78. The minimum Gasteiger partial charge on any atom is -0.383 e. The Morgan fingerprint density at radius 1 is 1.42 bits per heavy atom. The van der Waals surface area contributed by atoms with Crippen molar-refractivity contribution >= 4 is 5.91 Å². The van der Waals surface area contributed by atoms with Crippen LogP contribution in [0.1, 0.15) is 38.8 Å². The minimum absolute atomic E-state index is 0.215. The van der Waals surface area contributed by atoms with E-state index in [9.17, 15) is 4.79 Å². The maximum Gasteiger partial charge on any atom is 0.272 e. The SMILES string of the molecule is COCCn1nc(C(=O)NCc2c(C)noc2C)c2c1CCOC2. The van der Waals surface area contributed by atoms with Gasteiger partial charge in [-0.15, -0.1) is 0 Å². The maximum atomic E-state index is 12.6. The number of hydrogen-bond acceptors (Lipinski definition) is 6. The number of ether oxygens (including phenoxy) is 2. The van der Waals surface area contributed by atoms with Gasteiger partial charge >= 0.3 is 0 Å². The average Bonchev–Trinajstić information content (AvgIpc) is 3.12. The van der Waals surface area contributed by atoms with Gasteiger partial charge in [0.25, 0.3) is 5.91 Å². The number of carbonyl (C=O) groups excluding carboxylic acids is 1. The molecule has 1 aliphatic heterocycles. The highest BCUT2D eigenvalue weighted by Gasteiger charge is 2.25. The molecule has 24 heavy (non-hydrogen) atoms. The molecule has 3 heterocycles. The Balaban J connectivity index is 1.78. The van der Waals surface area contributed by atoms with Crippen LogP contribution in [0.25, 0.3) is 0 Å². The highest BCUT2D eigenvalue weighted by atomic mass is 16.5. The van der Waals surface area contributed by atoms with E-state index in [1.807, 2.05) is 18.5 Å². The molecule has 2 aromatic rings. The van der Waals surface area contributed by atoms with Crippen molar-refractivity contribution in [1.82, 2.24) is 20.3 Å². The zero-order valence-corrected chi connectivity index (χ0v) is 14.2. The van der Waals surface area contributed by atoms with Crippen LogP contribution in [-0.2, 0) is 35.6 Å². The molecule has 0 saturated heterocycles. The summed E-state index contributed by atoms with van der Waals surface area (Å²) in [6.07, 6.45) is 0.753. The molecule has 2 aromatic heterocycles. The van der Waals surface area contributed by atoms with E-state index >= 15 is 0 Å². The number of carbonyl (C=O) groups is 1. The molecule has 3 rings (SSSR count). The molecule has 8 nitrogen and oxygen atoms in total. The molecule has 130 valence electrons. The van der Waals surface area contributed by atoms with Gasteiger partial charge in [0.15, 0.2) is 5.69 Å². The van der Waals surface area contributed by atoms with E-state index < -0.39 is 0 Å². The van der Waals surface area contributed by atoms with Crippen molar-refractivity contribution in [3.05, 3.63) is 34.0 Å². The fraction of sp³-hybridized carbons (Fsp3) is 0.562. The van der Waals surface area contributed by atoms with Crippen LogP contribution in [0.5, 0.6) is 0 Å². The fourth-order valence-corrected chi connectivity index (χ4v) is 2.86. The van der Waals surface area contributed by atoms with Gasteiger partial charge in [0.1, 0.15) is 5.76 Å². The lowest BCUT2D eigenvalue weighted by Crippen LogP contribution is -2.25. The molecule has 1 N–H and O–H groups in total. The third-order valence-electron chi connectivity index (χ3n) is 4.23. The Morgan fingerprint density at radius 3 is 2.96 bits per heavy atom. The molecule has 0 aliphatic carbocycles. The van der Waals surface area contributed by atoms with Crippen molar-refractivity contribution in [2.45, 2.75) is 40.0 Å². The minimum atomic E-state index is -0.215. The molecule has 0 bridgehead atoms. The van der Waals surface area contributed by atoms with E-state index in [0.29, 0.717) is 44.4 Å². The first-order valence-electron chi connectivity index (χ1n) is 7.97. The quantitative estimate of drug-likeness (QED) is 0.852. The molecule has 0 radical (unpaired) electrons. The van der Waals surface area contributed by atoms with Crippen LogP contribution in [-0.4, -0.2) is 41.2 Å². The lowest BCUT2D eigenvalue weighted by molar-refractivity contribution is 0.0922. The average molecular weight is 334 g/mol. The second kappa shape index (κ2) is 7.14. The first-order chi connectivity index (χ1) is 11.6.